The zero-order chi connectivity index (χ0) is 11.5. The van der Waals surface area contributed by atoms with Crippen LogP contribution in [0.3, 0.4) is 0 Å². The molecule has 1 nitrogen and oxygen atoms in total. The summed E-state index contributed by atoms with van der Waals surface area (Å²) in [5, 5.41) is 2.74. The Morgan fingerprint density at radius 1 is 1.44 bits per heavy atom. The molecule has 2 aromatic rings. The Morgan fingerprint density at radius 2 is 2.25 bits per heavy atom. The molecule has 0 saturated carbocycles. The molecule has 0 saturated heterocycles. The monoisotopic (exact) mass is 314 g/mol. The number of rotatable bonds is 1. The molecule has 4 heteroatoms. The summed E-state index contributed by atoms with van der Waals surface area (Å²) < 4.78 is 3.45. The van der Waals surface area contributed by atoms with Crippen LogP contribution in [-0.2, 0) is 6.54 Å². The van der Waals surface area contributed by atoms with Crippen molar-refractivity contribution in [3.8, 4) is 11.8 Å². The van der Waals surface area contributed by atoms with Crippen molar-refractivity contribution in [3.05, 3.63) is 28.2 Å². The van der Waals surface area contributed by atoms with E-state index in [4.69, 9.17) is 11.6 Å². The SMILES string of the molecule is Cc1sc2ccc(Cl)cc2[n+]1CC#CCBr. The highest BCUT2D eigenvalue weighted by molar-refractivity contribution is 9.09. The van der Waals surface area contributed by atoms with Crippen molar-refractivity contribution < 1.29 is 4.57 Å². The standard InChI is InChI=1S/C12H10BrClNS/c1-9-15(7-3-2-6-13)11-8-10(14)4-5-12(11)16-9/h4-5,8H,6-7H2,1H3/q+1. The number of benzene rings is 1. The molecule has 0 atom stereocenters. The van der Waals surface area contributed by atoms with E-state index < -0.39 is 0 Å². The molecule has 16 heavy (non-hydrogen) atoms. The quantitative estimate of drug-likeness (QED) is 0.430. The summed E-state index contributed by atoms with van der Waals surface area (Å²) in [6.45, 7) is 2.83. The molecule has 1 aromatic carbocycles. The lowest BCUT2D eigenvalue weighted by molar-refractivity contribution is -0.660. The van der Waals surface area contributed by atoms with Crippen LogP contribution >= 0.6 is 38.9 Å². The van der Waals surface area contributed by atoms with Gasteiger partial charge in [0.05, 0.1) is 5.33 Å². The summed E-state index contributed by atoms with van der Waals surface area (Å²) in [5.41, 5.74) is 1.17. The van der Waals surface area contributed by atoms with Crippen LogP contribution in [0.4, 0.5) is 0 Å². The van der Waals surface area contributed by atoms with Crippen LogP contribution in [-0.4, -0.2) is 5.33 Å². The van der Waals surface area contributed by atoms with E-state index in [1.807, 2.05) is 12.1 Å². The average Bonchev–Trinajstić information content (AvgIpc) is 2.56. The lowest BCUT2D eigenvalue weighted by Crippen LogP contribution is -2.34. The Kier molecular flexibility index (Phi) is 3.86. The van der Waals surface area contributed by atoms with E-state index in [9.17, 15) is 0 Å². The van der Waals surface area contributed by atoms with Crippen molar-refractivity contribution in [1.82, 2.24) is 0 Å². The molecule has 0 aliphatic rings. The van der Waals surface area contributed by atoms with E-state index in [0.29, 0.717) is 0 Å². The minimum atomic E-state index is 0.718. The highest BCUT2D eigenvalue weighted by atomic mass is 79.9. The Bertz CT molecular complexity index is 580. The molecule has 82 valence electrons. The Balaban J connectivity index is 2.50. The van der Waals surface area contributed by atoms with Gasteiger partial charge in [0.2, 0.25) is 17.1 Å². The first-order valence-electron chi connectivity index (χ1n) is 4.82. The van der Waals surface area contributed by atoms with Crippen LogP contribution in [0, 0.1) is 18.8 Å². The van der Waals surface area contributed by atoms with Crippen LogP contribution in [0.2, 0.25) is 5.02 Å². The van der Waals surface area contributed by atoms with E-state index in [0.717, 1.165) is 16.9 Å². The van der Waals surface area contributed by atoms with Gasteiger partial charge < -0.3 is 0 Å². The smallest absolute Gasteiger partial charge is 0.174 e. The van der Waals surface area contributed by atoms with E-state index in [1.165, 1.54) is 15.2 Å². The molecule has 1 aromatic heterocycles. The van der Waals surface area contributed by atoms with Gasteiger partial charge in [0.25, 0.3) is 0 Å². The fraction of sp³-hybridized carbons (Fsp3) is 0.250. The van der Waals surface area contributed by atoms with E-state index in [2.05, 4.69) is 45.3 Å². The van der Waals surface area contributed by atoms with Crippen molar-refractivity contribution in [3.63, 3.8) is 0 Å². The predicted octanol–water partition coefficient (Wildman–Crippen LogP) is 3.55. The first kappa shape index (κ1) is 11.9. The largest absolute Gasteiger partial charge is 0.236 e. The van der Waals surface area contributed by atoms with Crippen molar-refractivity contribution in [2.75, 3.05) is 5.33 Å². The van der Waals surface area contributed by atoms with Crippen molar-refractivity contribution >= 4 is 49.1 Å². The maximum atomic E-state index is 6.01. The number of aryl methyl sites for hydroxylation is 1. The topological polar surface area (TPSA) is 3.88 Å². The fourth-order valence-corrected chi connectivity index (χ4v) is 2.92. The van der Waals surface area contributed by atoms with E-state index >= 15 is 0 Å². The maximum Gasteiger partial charge on any atom is 0.236 e. The molecular formula is C12H10BrClNS+. The number of alkyl halides is 1. The van der Waals surface area contributed by atoms with Gasteiger partial charge in [0, 0.05) is 18.0 Å². The molecule has 0 spiro atoms. The Morgan fingerprint density at radius 3 is 3.00 bits per heavy atom. The molecule has 1 heterocycles. The second-order valence-corrected chi connectivity index (χ2v) is 5.54. The molecule has 0 aliphatic carbocycles. The zero-order valence-electron chi connectivity index (χ0n) is 8.76. The van der Waals surface area contributed by atoms with E-state index in [1.54, 1.807) is 11.3 Å². The molecule has 0 N–H and O–H groups in total. The highest BCUT2D eigenvalue weighted by Crippen LogP contribution is 2.22. The lowest BCUT2D eigenvalue weighted by Gasteiger charge is -1.90. The average molecular weight is 316 g/mol. The van der Waals surface area contributed by atoms with Crippen molar-refractivity contribution in [2.24, 2.45) is 0 Å². The number of thiazole rings is 1. The summed E-state index contributed by atoms with van der Waals surface area (Å²) in [5.74, 6) is 6.13. The molecule has 2 rings (SSSR count). The fourth-order valence-electron chi connectivity index (χ4n) is 1.55. The normalized spacial score (nSPS) is 10.2. The maximum absolute atomic E-state index is 6.01. The van der Waals surface area contributed by atoms with Crippen molar-refractivity contribution in [1.29, 1.82) is 0 Å². The molecule has 0 amide bonds. The highest BCUT2D eigenvalue weighted by Gasteiger charge is 2.15. The first-order valence-corrected chi connectivity index (χ1v) is 7.14. The summed E-state index contributed by atoms with van der Waals surface area (Å²) in [4.78, 5) is 0. The van der Waals surface area contributed by atoms with Crippen LogP contribution in [0.25, 0.3) is 10.2 Å². The Labute approximate surface area is 112 Å². The number of hydrogen-bond donors (Lipinski definition) is 0. The van der Waals surface area contributed by atoms with Gasteiger partial charge in [-0.25, -0.2) is 0 Å². The first-order chi connectivity index (χ1) is 7.72. The van der Waals surface area contributed by atoms with Crippen LogP contribution in [0.1, 0.15) is 5.01 Å². The van der Waals surface area contributed by atoms with Gasteiger partial charge in [-0.3, -0.25) is 0 Å². The van der Waals surface area contributed by atoms with Crippen molar-refractivity contribution in [2.45, 2.75) is 13.5 Å². The molecule has 0 unspecified atom stereocenters. The Hall–Kier alpha value is -0.560. The number of fused-ring (bicyclic) bond motifs is 1. The number of nitrogens with zero attached hydrogens (tertiary/aromatic N) is 1. The number of halogens is 2. The van der Waals surface area contributed by atoms with Gasteiger partial charge >= 0.3 is 0 Å². The number of aromatic nitrogens is 1. The van der Waals surface area contributed by atoms with Crippen LogP contribution < -0.4 is 4.57 Å². The van der Waals surface area contributed by atoms with Gasteiger partial charge in [-0.15, -0.1) is 0 Å². The zero-order valence-corrected chi connectivity index (χ0v) is 11.9. The summed E-state index contributed by atoms with van der Waals surface area (Å²) in [6, 6.07) is 5.98. The van der Waals surface area contributed by atoms with Crippen LogP contribution in [0.15, 0.2) is 18.2 Å². The number of hydrogen-bond acceptors (Lipinski definition) is 1. The van der Waals surface area contributed by atoms with Gasteiger partial charge in [-0.2, -0.15) is 4.57 Å². The molecular weight excluding hydrogens is 306 g/mol. The van der Waals surface area contributed by atoms with Gasteiger partial charge in [0.15, 0.2) is 0 Å². The van der Waals surface area contributed by atoms with Gasteiger partial charge in [0.1, 0.15) is 4.70 Å². The van der Waals surface area contributed by atoms with E-state index in [-0.39, 0.29) is 0 Å². The third-order valence-electron chi connectivity index (χ3n) is 2.28. The second kappa shape index (κ2) is 5.18. The lowest BCUT2D eigenvalue weighted by atomic mass is 10.3. The van der Waals surface area contributed by atoms with Gasteiger partial charge in [-0.1, -0.05) is 44.8 Å². The van der Waals surface area contributed by atoms with Crippen LogP contribution in [0.5, 0.6) is 0 Å². The second-order valence-electron chi connectivity index (χ2n) is 3.31. The minimum Gasteiger partial charge on any atom is -0.174 e. The summed E-state index contributed by atoms with van der Waals surface area (Å²) in [6.07, 6.45) is 0. The third-order valence-corrected chi connectivity index (χ3v) is 3.87. The molecule has 0 fully saturated rings. The molecule has 0 aliphatic heterocycles. The molecule has 0 bridgehead atoms. The van der Waals surface area contributed by atoms with Gasteiger partial charge in [-0.05, 0) is 18.1 Å². The minimum absolute atomic E-state index is 0.718. The summed E-state index contributed by atoms with van der Waals surface area (Å²) in [7, 11) is 0. The third kappa shape index (κ3) is 2.40. The summed E-state index contributed by atoms with van der Waals surface area (Å²) >= 11 is 11.1. The predicted molar refractivity (Wildman–Crippen MR) is 73.3 cm³/mol. The molecule has 0 radical (unpaired) electrons.